The number of ether oxygens (including phenoxy) is 2. The monoisotopic (exact) mass is 142 g/mol. The van der Waals surface area contributed by atoms with Crippen molar-refractivity contribution >= 4 is 0 Å². The van der Waals surface area contributed by atoms with E-state index >= 15 is 0 Å². The second kappa shape index (κ2) is 2.89. The Morgan fingerprint density at radius 3 is 2.60 bits per heavy atom. The molecule has 2 bridgehead atoms. The first-order valence-electron chi connectivity index (χ1n) is 4.18. The van der Waals surface area contributed by atoms with Gasteiger partial charge in [-0.05, 0) is 25.7 Å². The fourth-order valence-electron chi connectivity index (χ4n) is 1.70. The molecule has 3 heterocycles. The summed E-state index contributed by atoms with van der Waals surface area (Å²) >= 11 is 0. The third kappa shape index (κ3) is 1.32. The molecule has 3 aliphatic rings. The summed E-state index contributed by atoms with van der Waals surface area (Å²) in [6, 6.07) is 0. The molecule has 2 unspecified atom stereocenters. The quantitative estimate of drug-likeness (QED) is 0.508. The van der Waals surface area contributed by atoms with E-state index in [-0.39, 0.29) is 0 Å². The molecule has 0 amide bonds. The van der Waals surface area contributed by atoms with Gasteiger partial charge in [0.1, 0.15) is 0 Å². The first-order chi connectivity index (χ1) is 4.95. The van der Waals surface area contributed by atoms with Gasteiger partial charge >= 0.3 is 0 Å². The number of fused-ring (bicyclic) bond motifs is 5. The standard InChI is InChI=1S/C8H14O2/c1-2-7-3-4-8(6-10-7)9-5-1/h7-8H,1-6H2. The minimum Gasteiger partial charge on any atom is -0.376 e. The van der Waals surface area contributed by atoms with Crippen LogP contribution in [0, 0.1) is 0 Å². The Morgan fingerprint density at radius 1 is 0.900 bits per heavy atom. The van der Waals surface area contributed by atoms with Gasteiger partial charge in [0.25, 0.3) is 0 Å². The van der Waals surface area contributed by atoms with E-state index in [1.54, 1.807) is 0 Å². The zero-order valence-electron chi connectivity index (χ0n) is 6.21. The lowest BCUT2D eigenvalue weighted by molar-refractivity contribution is -0.108. The highest BCUT2D eigenvalue weighted by atomic mass is 16.5. The molecule has 3 rings (SSSR count). The van der Waals surface area contributed by atoms with Crippen molar-refractivity contribution in [1.82, 2.24) is 0 Å². The molecule has 3 fully saturated rings. The third-order valence-electron chi connectivity index (χ3n) is 2.35. The molecule has 0 aromatic heterocycles. The average Bonchev–Trinajstić information content (AvgIpc) is 1.89. The lowest BCUT2D eigenvalue weighted by Gasteiger charge is -2.32. The van der Waals surface area contributed by atoms with Crippen molar-refractivity contribution < 1.29 is 9.47 Å². The molecule has 2 nitrogen and oxygen atoms in total. The Hall–Kier alpha value is -0.0800. The minimum atomic E-state index is 0.413. The van der Waals surface area contributed by atoms with Gasteiger partial charge in [-0.15, -0.1) is 0 Å². The van der Waals surface area contributed by atoms with Crippen LogP contribution in [-0.4, -0.2) is 25.4 Å². The van der Waals surface area contributed by atoms with Crippen molar-refractivity contribution in [2.45, 2.75) is 37.9 Å². The largest absolute Gasteiger partial charge is 0.376 e. The summed E-state index contributed by atoms with van der Waals surface area (Å²) in [4.78, 5) is 0. The average molecular weight is 142 g/mol. The fraction of sp³-hybridized carbons (Fsp3) is 1.00. The van der Waals surface area contributed by atoms with Gasteiger partial charge in [-0.1, -0.05) is 0 Å². The molecule has 2 heteroatoms. The zero-order chi connectivity index (χ0) is 6.81. The van der Waals surface area contributed by atoms with Crippen LogP contribution in [0.1, 0.15) is 25.7 Å². The van der Waals surface area contributed by atoms with Crippen LogP contribution >= 0.6 is 0 Å². The van der Waals surface area contributed by atoms with Crippen molar-refractivity contribution in [3.8, 4) is 0 Å². The minimum absolute atomic E-state index is 0.413. The predicted octanol–water partition coefficient (Wildman–Crippen LogP) is 1.34. The van der Waals surface area contributed by atoms with Crippen LogP contribution in [0.5, 0.6) is 0 Å². The summed E-state index contributed by atoms with van der Waals surface area (Å²) in [6.45, 7) is 1.79. The third-order valence-corrected chi connectivity index (χ3v) is 2.35. The van der Waals surface area contributed by atoms with Crippen LogP contribution in [0.15, 0.2) is 0 Å². The topological polar surface area (TPSA) is 18.5 Å². The predicted molar refractivity (Wildman–Crippen MR) is 37.9 cm³/mol. The maximum atomic E-state index is 5.56. The van der Waals surface area contributed by atoms with Crippen LogP contribution < -0.4 is 0 Å². The van der Waals surface area contributed by atoms with Crippen LogP contribution in [-0.2, 0) is 9.47 Å². The van der Waals surface area contributed by atoms with E-state index in [1.807, 2.05) is 0 Å². The maximum absolute atomic E-state index is 5.56. The van der Waals surface area contributed by atoms with Gasteiger partial charge in [0, 0.05) is 6.61 Å². The Labute approximate surface area is 61.5 Å². The van der Waals surface area contributed by atoms with Crippen molar-refractivity contribution in [3.63, 3.8) is 0 Å². The fourth-order valence-corrected chi connectivity index (χ4v) is 1.70. The van der Waals surface area contributed by atoms with E-state index in [1.165, 1.54) is 25.7 Å². The highest BCUT2D eigenvalue weighted by Gasteiger charge is 2.23. The molecule has 3 saturated heterocycles. The van der Waals surface area contributed by atoms with E-state index in [0.717, 1.165) is 13.2 Å². The highest BCUT2D eigenvalue weighted by molar-refractivity contribution is 4.72. The Morgan fingerprint density at radius 2 is 1.80 bits per heavy atom. The summed E-state index contributed by atoms with van der Waals surface area (Å²) < 4.78 is 11.1. The van der Waals surface area contributed by atoms with Crippen molar-refractivity contribution in [2.24, 2.45) is 0 Å². The first kappa shape index (κ1) is 6.62. The molecule has 0 aliphatic carbocycles. The molecule has 0 radical (unpaired) electrons. The van der Waals surface area contributed by atoms with Gasteiger partial charge in [0.05, 0.1) is 18.8 Å². The molecular weight excluding hydrogens is 128 g/mol. The van der Waals surface area contributed by atoms with Crippen molar-refractivity contribution in [1.29, 1.82) is 0 Å². The van der Waals surface area contributed by atoms with E-state index < -0.39 is 0 Å². The van der Waals surface area contributed by atoms with Gasteiger partial charge in [0.2, 0.25) is 0 Å². The van der Waals surface area contributed by atoms with Crippen molar-refractivity contribution in [2.75, 3.05) is 13.2 Å². The summed E-state index contributed by atoms with van der Waals surface area (Å²) in [5.41, 5.74) is 0. The Kier molecular flexibility index (Phi) is 1.91. The molecule has 2 atom stereocenters. The van der Waals surface area contributed by atoms with E-state index in [9.17, 15) is 0 Å². The van der Waals surface area contributed by atoms with E-state index in [4.69, 9.17) is 9.47 Å². The Balaban J connectivity index is 1.94. The smallest absolute Gasteiger partial charge is 0.0809 e. The van der Waals surface area contributed by atoms with Crippen molar-refractivity contribution in [3.05, 3.63) is 0 Å². The van der Waals surface area contributed by atoms with E-state index in [0.29, 0.717) is 12.2 Å². The molecular formula is C8H14O2. The SMILES string of the molecule is C1COC2CCC(C1)OC2. The molecule has 58 valence electrons. The lowest BCUT2D eigenvalue weighted by Crippen LogP contribution is -2.34. The van der Waals surface area contributed by atoms with Gasteiger partial charge in [-0.2, -0.15) is 0 Å². The van der Waals surface area contributed by atoms with Crippen LogP contribution in [0.4, 0.5) is 0 Å². The molecule has 0 aromatic carbocycles. The van der Waals surface area contributed by atoms with Crippen LogP contribution in [0.2, 0.25) is 0 Å². The van der Waals surface area contributed by atoms with Gasteiger partial charge in [-0.25, -0.2) is 0 Å². The van der Waals surface area contributed by atoms with Crippen LogP contribution in [0.3, 0.4) is 0 Å². The molecule has 0 N–H and O–H groups in total. The highest BCUT2D eigenvalue weighted by Crippen LogP contribution is 2.22. The summed E-state index contributed by atoms with van der Waals surface area (Å²) in [5.74, 6) is 0. The Bertz CT molecular complexity index is 86.3. The molecule has 0 spiro atoms. The molecule has 0 aromatic rings. The number of hydrogen-bond acceptors (Lipinski definition) is 2. The normalized spacial score (nSPS) is 40.8. The first-order valence-corrected chi connectivity index (χ1v) is 4.18. The van der Waals surface area contributed by atoms with Crippen LogP contribution in [0.25, 0.3) is 0 Å². The number of hydrogen-bond donors (Lipinski definition) is 0. The van der Waals surface area contributed by atoms with Gasteiger partial charge < -0.3 is 9.47 Å². The lowest BCUT2D eigenvalue weighted by atomic mass is 10.0. The number of rotatable bonds is 0. The molecule has 0 saturated carbocycles. The second-order valence-electron chi connectivity index (χ2n) is 3.17. The summed E-state index contributed by atoms with van der Waals surface area (Å²) in [7, 11) is 0. The molecule has 10 heavy (non-hydrogen) atoms. The van der Waals surface area contributed by atoms with Gasteiger partial charge in [0.15, 0.2) is 0 Å². The van der Waals surface area contributed by atoms with Gasteiger partial charge in [-0.3, -0.25) is 0 Å². The summed E-state index contributed by atoms with van der Waals surface area (Å²) in [6.07, 6.45) is 5.78. The summed E-state index contributed by atoms with van der Waals surface area (Å²) in [5, 5.41) is 0. The zero-order valence-corrected chi connectivity index (χ0v) is 6.21. The molecule has 3 aliphatic heterocycles. The second-order valence-corrected chi connectivity index (χ2v) is 3.17. The van der Waals surface area contributed by atoms with E-state index in [2.05, 4.69) is 0 Å². The maximum Gasteiger partial charge on any atom is 0.0809 e.